The van der Waals surface area contributed by atoms with Gasteiger partial charge in [0.25, 0.3) is 15.9 Å². The Kier molecular flexibility index (Phi) is 4.11. The van der Waals surface area contributed by atoms with Gasteiger partial charge < -0.3 is 9.88 Å². The number of hydrogen-bond donors (Lipinski definition) is 1. The lowest BCUT2D eigenvalue weighted by Crippen LogP contribution is -2.51. The number of fused-ring (bicyclic) bond motifs is 2. The third kappa shape index (κ3) is 2.83. The molecule has 1 saturated heterocycles. The summed E-state index contributed by atoms with van der Waals surface area (Å²) in [5.74, 6) is 0.775. The average Bonchev–Trinajstić information content (AvgIpc) is 3.31. The normalized spacial score (nSPS) is 25.5. The zero-order chi connectivity index (χ0) is 18.5. The monoisotopic (exact) mass is 374 g/mol. The van der Waals surface area contributed by atoms with E-state index in [0.717, 1.165) is 12.8 Å². The number of aryl methyl sites for hydroxylation is 2. The Morgan fingerprint density at radius 2 is 1.96 bits per heavy atom. The topological polar surface area (TPSA) is 84.3 Å². The van der Waals surface area contributed by atoms with Crippen molar-refractivity contribution in [2.24, 2.45) is 13.0 Å². The van der Waals surface area contributed by atoms with Gasteiger partial charge in [-0.15, -0.1) is 0 Å². The van der Waals surface area contributed by atoms with Crippen LogP contribution in [-0.4, -0.2) is 46.8 Å². The molecule has 2 aromatic rings. The van der Waals surface area contributed by atoms with Crippen LogP contribution >= 0.6 is 0 Å². The first-order chi connectivity index (χ1) is 12.4. The van der Waals surface area contributed by atoms with Gasteiger partial charge >= 0.3 is 0 Å². The van der Waals surface area contributed by atoms with Crippen LogP contribution in [0, 0.1) is 12.8 Å². The minimum atomic E-state index is -3.65. The van der Waals surface area contributed by atoms with E-state index >= 15 is 0 Å². The Labute approximate surface area is 153 Å². The van der Waals surface area contributed by atoms with Crippen molar-refractivity contribution in [2.75, 3.05) is 6.54 Å². The fourth-order valence-corrected chi connectivity index (χ4v) is 5.79. The lowest BCUT2D eigenvalue weighted by atomic mass is 10.1. The highest BCUT2D eigenvalue weighted by atomic mass is 32.2. The predicted molar refractivity (Wildman–Crippen MR) is 96.0 cm³/mol. The second-order valence-electron chi connectivity index (χ2n) is 7.16. The molecule has 2 aliphatic rings. The van der Waals surface area contributed by atoms with Crippen molar-refractivity contribution in [1.29, 1.82) is 0 Å². The van der Waals surface area contributed by atoms with E-state index in [1.54, 1.807) is 36.9 Å². The molecule has 26 heavy (non-hydrogen) atoms. The van der Waals surface area contributed by atoms with Gasteiger partial charge in [0.15, 0.2) is 5.03 Å². The molecule has 0 spiro atoms. The Morgan fingerprint density at radius 3 is 2.58 bits per heavy atom. The zero-order valence-electron chi connectivity index (χ0n) is 14.8. The minimum absolute atomic E-state index is 0.0817. The number of hydrogen-bond acceptors (Lipinski definition) is 4. The highest BCUT2D eigenvalue weighted by Crippen LogP contribution is 2.40. The number of carbonyl (C=O) groups is 1. The summed E-state index contributed by atoms with van der Waals surface area (Å²) in [4.78, 5) is 16.6. The molecule has 1 saturated carbocycles. The highest BCUT2D eigenvalue weighted by Gasteiger charge is 2.50. The molecule has 8 heteroatoms. The number of carbonyl (C=O) groups excluding carboxylic acids is 1. The molecule has 4 rings (SSSR count). The van der Waals surface area contributed by atoms with Gasteiger partial charge in [-0.25, -0.2) is 13.4 Å². The lowest BCUT2D eigenvalue weighted by Gasteiger charge is -2.32. The SMILES string of the molecule is Cc1nc(S(=O)(=O)N2CC3CC(NC(=O)c4ccccc4)C2C3)cn1C. The van der Waals surface area contributed by atoms with Gasteiger partial charge in [0.05, 0.1) is 0 Å². The van der Waals surface area contributed by atoms with E-state index in [9.17, 15) is 13.2 Å². The van der Waals surface area contributed by atoms with Gasteiger partial charge in [-0.2, -0.15) is 4.31 Å². The smallest absolute Gasteiger partial charge is 0.262 e. The number of nitrogens with one attached hydrogen (secondary N) is 1. The van der Waals surface area contributed by atoms with E-state index in [1.165, 1.54) is 4.31 Å². The molecular weight excluding hydrogens is 352 g/mol. The van der Waals surface area contributed by atoms with Gasteiger partial charge in [0, 0.05) is 37.4 Å². The summed E-state index contributed by atoms with van der Waals surface area (Å²) in [6.07, 6.45) is 3.15. The van der Waals surface area contributed by atoms with Crippen LogP contribution in [0.5, 0.6) is 0 Å². The van der Waals surface area contributed by atoms with Crippen molar-refractivity contribution in [1.82, 2.24) is 19.2 Å². The van der Waals surface area contributed by atoms with Crippen molar-refractivity contribution in [3.8, 4) is 0 Å². The number of aromatic nitrogens is 2. The van der Waals surface area contributed by atoms with Crippen molar-refractivity contribution < 1.29 is 13.2 Å². The molecule has 2 bridgehead atoms. The first kappa shape index (κ1) is 17.2. The van der Waals surface area contributed by atoms with Crippen molar-refractivity contribution in [2.45, 2.75) is 36.9 Å². The predicted octanol–water partition coefficient (Wildman–Crippen LogP) is 1.31. The Morgan fingerprint density at radius 1 is 1.23 bits per heavy atom. The van der Waals surface area contributed by atoms with E-state index in [4.69, 9.17) is 0 Å². The van der Waals surface area contributed by atoms with Gasteiger partial charge in [-0.1, -0.05) is 18.2 Å². The van der Waals surface area contributed by atoms with E-state index in [0.29, 0.717) is 17.9 Å². The number of imidazole rings is 1. The molecule has 1 N–H and O–H groups in total. The molecule has 1 aromatic heterocycles. The molecule has 7 nitrogen and oxygen atoms in total. The molecule has 3 unspecified atom stereocenters. The maximum atomic E-state index is 13.0. The Hall–Kier alpha value is -2.19. The number of nitrogens with zero attached hydrogens (tertiary/aromatic N) is 3. The van der Waals surface area contributed by atoms with Gasteiger partial charge in [-0.05, 0) is 37.8 Å². The first-order valence-corrected chi connectivity index (χ1v) is 10.2. The summed E-state index contributed by atoms with van der Waals surface area (Å²) >= 11 is 0. The molecule has 0 radical (unpaired) electrons. The number of amides is 1. The number of sulfonamides is 1. The average molecular weight is 374 g/mol. The molecule has 2 heterocycles. The van der Waals surface area contributed by atoms with E-state index in [1.807, 2.05) is 18.2 Å². The fourth-order valence-electron chi connectivity index (χ4n) is 4.02. The summed E-state index contributed by atoms with van der Waals surface area (Å²) in [5, 5.41) is 3.11. The van der Waals surface area contributed by atoms with Crippen LogP contribution in [0.15, 0.2) is 41.6 Å². The summed E-state index contributed by atoms with van der Waals surface area (Å²) < 4.78 is 29.3. The fraction of sp³-hybridized carbons (Fsp3) is 0.444. The van der Waals surface area contributed by atoms with Crippen LogP contribution in [0.2, 0.25) is 0 Å². The van der Waals surface area contributed by atoms with Crippen LogP contribution in [0.1, 0.15) is 29.0 Å². The second-order valence-corrected chi connectivity index (χ2v) is 9.00. The maximum absolute atomic E-state index is 13.0. The molecule has 1 aliphatic carbocycles. The van der Waals surface area contributed by atoms with Crippen molar-refractivity contribution in [3.05, 3.63) is 47.9 Å². The highest BCUT2D eigenvalue weighted by molar-refractivity contribution is 7.89. The standard InChI is InChI=1S/C18H22N4O3S/c1-12-19-17(11-21(12)2)26(24,25)22-10-13-8-15(16(22)9-13)20-18(23)14-6-4-3-5-7-14/h3-7,11,13,15-16H,8-10H2,1-2H3,(H,20,23). The molecule has 3 atom stereocenters. The summed E-state index contributed by atoms with van der Waals surface area (Å²) in [6.45, 7) is 2.28. The molecule has 1 aliphatic heterocycles. The van der Waals surface area contributed by atoms with E-state index in [2.05, 4.69) is 10.3 Å². The van der Waals surface area contributed by atoms with E-state index < -0.39 is 10.0 Å². The van der Waals surface area contributed by atoms with Gasteiger partial charge in [0.1, 0.15) is 5.82 Å². The number of rotatable bonds is 4. The Bertz CT molecular complexity index is 919. The summed E-state index contributed by atoms with van der Waals surface area (Å²) in [6, 6.07) is 8.63. The summed E-state index contributed by atoms with van der Waals surface area (Å²) in [5.41, 5.74) is 0.588. The van der Waals surface area contributed by atoms with Crippen LogP contribution in [0.25, 0.3) is 0 Å². The molecule has 1 aromatic carbocycles. The third-order valence-corrected chi connectivity index (χ3v) is 7.21. The molecular formula is C18H22N4O3S. The zero-order valence-corrected chi connectivity index (χ0v) is 15.6. The molecule has 2 fully saturated rings. The van der Waals surface area contributed by atoms with Crippen molar-refractivity contribution in [3.63, 3.8) is 0 Å². The van der Waals surface area contributed by atoms with E-state index in [-0.39, 0.29) is 28.9 Å². The lowest BCUT2D eigenvalue weighted by molar-refractivity contribution is 0.0917. The Balaban J connectivity index is 1.54. The largest absolute Gasteiger partial charge is 0.348 e. The van der Waals surface area contributed by atoms with Gasteiger partial charge in [-0.3, -0.25) is 4.79 Å². The quantitative estimate of drug-likeness (QED) is 0.875. The summed E-state index contributed by atoms with van der Waals surface area (Å²) in [7, 11) is -1.88. The van der Waals surface area contributed by atoms with Gasteiger partial charge in [0.2, 0.25) is 0 Å². The van der Waals surface area contributed by atoms with Crippen LogP contribution in [-0.2, 0) is 17.1 Å². The van der Waals surface area contributed by atoms with Crippen molar-refractivity contribution >= 4 is 15.9 Å². The molecule has 138 valence electrons. The van der Waals surface area contributed by atoms with Crippen LogP contribution in [0.4, 0.5) is 0 Å². The first-order valence-electron chi connectivity index (χ1n) is 8.74. The third-order valence-electron chi connectivity index (χ3n) is 5.45. The maximum Gasteiger partial charge on any atom is 0.262 e. The second kappa shape index (κ2) is 6.21. The molecule has 1 amide bonds. The van der Waals surface area contributed by atoms with Crippen LogP contribution < -0.4 is 5.32 Å². The number of benzene rings is 1. The number of piperidine rings is 1. The van der Waals surface area contributed by atoms with Crippen LogP contribution in [0.3, 0.4) is 0 Å². The minimum Gasteiger partial charge on any atom is -0.348 e.